The van der Waals surface area contributed by atoms with Crippen molar-refractivity contribution in [2.75, 3.05) is 6.54 Å². The number of nitrogens with zero attached hydrogens (tertiary/aromatic N) is 3. The second-order valence-electron chi connectivity index (χ2n) is 2.87. The Morgan fingerprint density at radius 1 is 1.46 bits per heavy atom. The van der Waals surface area contributed by atoms with Crippen LogP contribution in [-0.2, 0) is 0 Å². The van der Waals surface area contributed by atoms with Gasteiger partial charge in [0.25, 0.3) is 0 Å². The van der Waals surface area contributed by atoms with Crippen molar-refractivity contribution in [3.05, 3.63) is 46.1 Å². The van der Waals surface area contributed by atoms with E-state index in [4.69, 9.17) is 5.53 Å². The molecule has 0 radical (unpaired) electrons. The summed E-state index contributed by atoms with van der Waals surface area (Å²) >= 11 is 0. The Morgan fingerprint density at radius 2 is 2.08 bits per heavy atom. The smallest absolute Gasteiger partial charge is 0.123 e. The predicted octanol–water partition coefficient (Wildman–Crippen LogP) is 3.24. The molecule has 0 heterocycles. The molecule has 0 aliphatic heterocycles. The highest BCUT2D eigenvalue weighted by atomic mass is 19.1. The van der Waals surface area contributed by atoms with Gasteiger partial charge < -0.3 is 0 Å². The van der Waals surface area contributed by atoms with Crippen molar-refractivity contribution in [1.82, 2.24) is 0 Å². The number of azide groups is 1. The highest BCUT2D eigenvalue weighted by Crippen LogP contribution is 2.15. The monoisotopic (exact) mass is 179 g/mol. The lowest BCUT2D eigenvalue weighted by Gasteiger charge is -2.07. The van der Waals surface area contributed by atoms with Gasteiger partial charge in [0.05, 0.1) is 0 Å². The molecular weight excluding hydrogens is 169 g/mol. The Hall–Kier alpha value is -1.54. The van der Waals surface area contributed by atoms with Gasteiger partial charge in [-0.1, -0.05) is 24.2 Å². The normalized spacial score (nSPS) is 11.8. The van der Waals surface area contributed by atoms with Crippen LogP contribution in [0.25, 0.3) is 10.4 Å². The van der Waals surface area contributed by atoms with E-state index >= 15 is 0 Å². The Kier molecular flexibility index (Phi) is 3.29. The molecule has 68 valence electrons. The molecule has 1 unspecified atom stereocenters. The zero-order chi connectivity index (χ0) is 9.68. The van der Waals surface area contributed by atoms with Crippen LogP contribution in [0.2, 0.25) is 0 Å². The maximum atomic E-state index is 12.5. The number of benzene rings is 1. The van der Waals surface area contributed by atoms with Gasteiger partial charge in [0.1, 0.15) is 5.82 Å². The van der Waals surface area contributed by atoms with Crippen LogP contribution in [0.5, 0.6) is 0 Å². The van der Waals surface area contributed by atoms with Crippen LogP contribution in [0.1, 0.15) is 18.4 Å². The minimum atomic E-state index is -0.250. The minimum absolute atomic E-state index is 0.136. The topological polar surface area (TPSA) is 48.8 Å². The Balaban J connectivity index is 2.71. The maximum absolute atomic E-state index is 12.5. The lowest BCUT2D eigenvalue weighted by Crippen LogP contribution is -1.96. The van der Waals surface area contributed by atoms with E-state index in [1.165, 1.54) is 12.1 Å². The van der Waals surface area contributed by atoms with E-state index in [-0.39, 0.29) is 11.7 Å². The van der Waals surface area contributed by atoms with Gasteiger partial charge in [-0.15, -0.1) is 0 Å². The van der Waals surface area contributed by atoms with Crippen LogP contribution in [0.4, 0.5) is 4.39 Å². The Morgan fingerprint density at radius 3 is 2.62 bits per heavy atom. The molecule has 1 rings (SSSR count). The molecule has 0 aliphatic carbocycles. The van der Waals surface area contributed by atoms with Crippen LogP contribution in [0, 0.1) is 5.82 Å². The summed E-state index contributed by atoms with van der Waals surface area (Å²) in [5, 5.41) is 3.46. The largest absolute Gasteiger partial charge is 0.207 e. The summed E-state index contributed by atoms with van der Waals surface area (Å²) in [6, 6.07) is 6.21. The van der Waals surface area contributed by atoms with Crippen LogP contribution in [0.15, 0.2) is 29.4 Å². The third-order valence-electron chi connectivity index (χ3n) is 1.86. The summed E-state index contributed by atoms with van der Waals surface area (Å²) in [5.41, 5.74) is 9.08. The summed E-state index contributed by atoms with van der Waals surface area (Å²) < 4.78 is 12.5. The predicted molar refractivity (Wildman–Crippen MR) is 48.8 cm³/mol. The first-order valence-corrected chi connectivity index (χ1v) is 4.00. The van der Waals surface area contributed by atoms with Crippen molar-refractivity contribution in [3.8, 4) is 0 Å². The minimum Gasteiger partial charge on any atom is -0.207 e. The van der Waals surface area contributed by atoms with Crippen molar-refractivity contribution in [2.24, 2.45) is 5.11 Å². The zero-order valence-electron chi connectivity index (χ0n) is 7.31. The first-order chi connectivity index (χ1) is 6.24. The summed E-state index contributed by atoms with van der Waals surface area (Å²) in [4.78, 5) is 2.67. The van der Waals surface area contributed by atoms with Gasteiger partial charge in [-0.3, -0.25) is 0 Å². The first-order valence-electron chi connectivity index (χ1n) is 4.00. The van der Waals surface area contributed by atoms with Crippen molar-refractivity contribution in [1.29, 1.82) is 0 Å². The van der Waals surface area contributed by atoms with Gasteiger partial charge in [0.2, 0.25) is 0 Å². The quantitative estimate of drug-likeness (QED) is 0.388. The number of hydrogen-bond donors (Lipinski definition) is 0. The third kappa shape index (κ3) is 2.76. The molecule has 4 heteroatoms. The number of hydrogen-bond acceptors (Lipinski definition) is 1. The van der Waals surface area contributed by atoms with Gasteiger partial charge in [0.15, 0.2) is 0 Å². The fourth-order valence-electron chi connectivity index (χ4n) is 1.06. The van der Waals surface area contributed by atoms with E-state index in [1.807, 2.05) is 6.92 Å². The molecule has 0 aliphatic rings. The summed E-state index contributed by atoms with van der Waals surface area (Å²) in [7, 11) is 0. The number of halogens is 1. The van der Waals surface area contributed by atoms with Crippen LogP contribution in [0.3, 0.4) is 0 Å². The Labute approximate surface area is 75.8 Å². The lowest BCUT2D eigenvalue weighted by molar-refractivity contribution is 0.625. The second-order valence-corrected chi connectivity index (χ2v) is 2.87. The van der Waals surface area contributed by atoms with E-state index in [0.717, 1.165) is 5.56 Å². The van der Waals surface area contributed by atoms with Crippen molar-refractivity contribution in [3.63, 3.8) is 0 Å². The fraction of sp³-hybridized carbons (Fsp3) is 0.333. The average molecular weight is 179 g/mol. The van der Waals surface area contributed by atoms with Crippen LogP contribution >= 0.6 is 0 Å². The van der Waals surface area contributed by atoms with E-state index in [2.05, 4.69) is 10.0 Å². The summed E-state index contributed by atoms with van der Waals surface area (Å²) in [6.07, 6.45) is 0. The third-order valence-corrected chi connectivity index (χ3v) is 1.86. The molecule has 0 spiro atoms. The molecule has 0 fully saturated rings. The van der Waals surface area contributed by atoms with Gasteiger partial charge in [-0.05, 0) is 29.1 Å². The molecule has 3 nitrogen and oxygen atoms in total. The lowest BCUT2D eigenvalue weighted by atomic mass is 10.0. The van der Waals surface area contributed by atoms with Gasteiger partial charge >= 0.3 is 0 Å². The van der Waals surface area contributed by atoms with E-state index < -0.39 is 0 Å². The van der Waals surface area contributed by atoms with Crippen LogP contribution < -0.4 is 0 Å². The SMILES string of the molecule is CC(CN=[N+]=[N-])c1ccc(F)cc1. The van der Waals surface area contributed by atoms with E-state index in [0.29, 0.717) is 6.54 Å². The molecule has 0 amide bonds. The second kappa shape index (κ2) is 4.48. The van der Waals surface area contributed by atoms with Crippen molar-refractivity contribution in [2.45, 2.75) is 12.8 Å². The highest BCUT2D eigenvalue weighted by Gasteiger charge is 2.03. The zero-order valence-corrected chi connectivity index (χ0v) is 7.31. The summed E-state index contributed by atoms with van der Waals surface area (Å²) in [6.45, 7) is 2.34. The number of rotatable bonds is 3. The van der Waals surface area contributed by atoms with Crippen molar-refractivity contribution < 1.29 is 4.39 Å². The molecule has 0 saturated heterocycles. The Bertz CT molecular complexity index is 314. The van der Waals surface area contributed by atoms with Crippen molar-refractivity contribution >= 4 is 0 Å². The molecular formula is C9H10FN3. The van der Waals surface area contributed by atoms with Gasteiger partial charge in [-0.2, -0.15) is 0 Å². The first kappa shape index (κ1) is 9.55. The highest BCUT2D eigenvalue weighted by molar-refractivity contribution is 5.20. The molecule has 0 aromatic heterocycles. The molecule has 1 atom stereocenters. The molecule has 1 aromatic rings. The van der Waals surface area contributed by atoms with Gasteiger partial charge in [-0.25, -0.2) is 4.39 Å². The average Bonchev–Trinajstić information content (AvgIpc) is 2.15. The maximum Gasteiger partial charge on any atom is 0.123 e. The molecule has 13 heavy (non-hydrogen) atoms. The molecule has 1 aromatic carbocycles. The molecule has 0 N–H and O–H groups in total. The van der Waals surface area contributed by atoms with E-state index in [9.17, 15) is 4.39 Å². The molecule has 0 bridgehead atoms. The molecule has 0 saturated carbocycles. The summed E-state index contributed by atoms with van der Waals surface area (Å²) in [5.74, 6) is -0.115. The van der Waals surface area contributed by atoms with Gasteiger partial charge in [0, 0.05) is 11.5 Å². The van der Waals surface area contributed by atoms with Crippen LogP contribution in [-0.4, -0.2) is 6.54 Å². The standard InChI is InChI=1S/C9H10FN3/c1-7(6-12-13-11)8-2-4-9(10)5-3-8/h2-5,7H,6H2,1H3. The fourth-order valence-corrected chi connectivity index (χ4v) is 1.06. The van der Waals surface area contributed by atoms with E-state index in [1.54, 1.807) is 12.1 Å².